The Morgan fingerprint density at radius 3 is 2.35 bits per heavy atom. The highest BCUT2D eigenvalue weighted by Gasteiger charge is 2.42. The first-order chi connectivity index (χ1) is 15.0. The Balaban J connectivity index is 1.47. The number of benzene rings is 3. The second-order valence-corrected chi connectivity index (χ2v) is 8.44. The molecule has 2 N–H and O–H groups in total. The number of hydrogen-bond acceptors (Lipinski definition) is 3. The van der Waals surface area contributed by atoms with Gasteiger partial charge in [-0.3, -0.25) is 4.79 Å². The molecule has 31 heavy (non-hydrogen) atoms. The second kappa shape index (κ2) is 8.98. The molecule has 1 aliphatic carbocycles. The van der Waals surface area contributed by atoms with E-state index in [9.17, 15) is 9.59 Å². The highest BCUT2D eigenvalue weighted by molar-refractivity contribution is 6.30. The minimum Gasteiger partial charge on any atom is -0.482 e. The number of ether oxygens (including phenoxy) is 1. The Hall–Kier alpha value is -3.05. The van der Waals surface area contributed by atoms with Gasteiger partial charge in [-0.05, 0) is 65.1 Å². The number of amides is 1. The number of halogens is 1. The summed E-state index contributed by atoms with van der Waals surface area (Å²) in [5.41, 5.74) is 1.54. The van der Waals surface area contributed by atoms with E-state index in [2.05, 4.69) is 5.32 Å². The lowest BCUT2D eigenvalue weighted by Gasteiger charge is -2.28. The molecule has 160 valence electrons. The molecule has 1 amide bonds. The maximum absolute atomic E-state index is 13.3. The summed E-state index contributed by atoms with van der Waals surface area (Å²) in [7, 11) is 0. The molecule has 5 nitrogen and oxygen atoms in total. The zero-order valence-corrected chi connectivity index (χ0v) is 17.8. The minimum absolute atomic E-state index is 0.0600. The maximum Gasteiger partial charge on any atom is 0.341 e. The molecule has 0 spiro atoms. The number of nitrogens with one attached hydrogen (secondary N) is 1. The van der Waals surface area contributed by atoms with Gasteiger partial charge in [0.05, 0.1) is 5.41 Å². The number of rotatable bonds is 7. The molecule has 0 atom stereocenters. The van der Waals surface area contributed by atoms with Crippen molar-refractivity contribution in [2.75, 3.05) is 6.61 Å². The Bertz CT molecular complexity index is 1100. The molecule has 0 bridgehead atoms. The fourth-order valence-electron chi connectivity index (χ4n) is 4.36. The van der Waals surface area contributed by atoms with E-state index >= 15 is 0 Å². The molecule has 0 radical (unpaired) electrons. The highest BCUT2D eigenvalue weighted by Crippen LogP contribution is 2.41. The third-order valence-electron chi connectivity index (χ3n) is 5.98. The van der Waals surface area contributed by atoms with Crippen molar-refractivity contribution in [3.8, 4) is 5.75 Å². The van der Waals surface area contributed by atoms with Crippen molar-refractivity contribution in [2.24, 2.45) is 0 Å². The zero-order chi connectivity index (χ0) is 21.8. The zero-order valence-electron chi connectivity index (χ0n) is 17.1. The molecular weight excluding hydrogens is 414 g/mol. The van der Waals surface area contributed by atoms with Gasteiger partial charge in [0.25, 0.3) is 0 Å². The number of aliphatic carboxylic acids is 1. The van der Waals surface area contributed by atoms with Crippen LogP contribution in [0.15, 0.2) is 60.7 Å². The first-order valence-electron chi connectivity index (χ1n) is 10.4. The molecular formula is C25H24ClNO4. The standard InChI is InChI=1S/C25H24ClNO4/c26-21-8-6-20(7-9-21)25(11-1-2-12-25)24(30)27-15-17-3-4-19-14-22(31-16-23(28)29)10-5-18(19)13-17/h3-10,13-14H,1-2,11-12,15-16H2,(H,27,30)(H,28,29). The van der Waals surface area contributed by atoms with Crippen molar-refractivity contribution >= 4 is 34.2 Å². The van der Waals surface area contributed by atoms with Crippen LogP contribution in [0.2, 0.25) is 5.02 Å². The number of carboxylic acids is 1. The Morgan fingerprint density at radius 2 is 1.65 bits per heavy atom. The molecule has 0 aliphatic heterocycles. The van der Waals surface area contributed by atoms with Gasteiger partial charge in [-0.2, -0.15) is 0 Å². The van der Waals surface area contributed by atoms with Crippen molar-refractivity contribution in [3.63, 3.8) is 0 Å². The van der Waals surface area contributed by atoms with Gasteiger partial charge >= 0.3 is 5.97 Å². The quantitative estimate of drug-likeness (QED) is 0.540. The van der Waals surface area contributed by atoms with Crippen molar-refractivity contribution in [2.45, 2.75) is 37.6 Å². The van der Waals surface area contributed by atoms with E-state index in [1.807, 2.05) is 54.6 Å². The predicted octanol–water partition coefficient (Wildman–Crippen LogP) is 5.08. The van der Waals surface area contributed by atoms with Gasteiger partial charge in [0.2, 0.25) is 5.91 Å². The lowest BCUT2D eigenvalue weighted by atomic mass is 9.78. The van der Waals surface area contributed by atoms with Crippen molar-refractivity contribution < 1.29 is 19.4 Å². The van der Waals surface area contributed by atoms with Gasteiger partial charge in [0.15, 0.2) is 6.61 Å². The summed E-state index contributed by atoms with van der Waals surface area (Å²) >= 11 is 6.04. The minimum atomic E-state index is -1.01. The largest absolute Gasteiger partial charge is 0.482 e. The van der Waals surface area contributed by atoms with Crippen LogP contribution < -0.4 is 10.1 Å². The SMILES string of the molecule is O=C(O)COc1ccc2cc(CNC(=O)C3(c4ccc(Cl)cc4)CCCC3)ccc2c1. The number of carboxylic acid groups (broad SMARTS) is 1. The number of hydrogen-bond donors (Lipinski definition) is 2. The van der Waals surface area contributed by atoms with E-state index in [1.165, 1.54) is 0 Å². The van der Waals surface area contributed by atoms with Crippen molar-refractivity contribution in [3.05, 3.63) is 76.8 Å². The van der Waals surface area contributed by atoms with Crippen LogP contribution in [-0.4, -0.2) is 23.6 Å². The summed E-state index contributed by atoms with van der Waals surface area (Å²) in [5.74, 6) is -0.434. The Kier molecular flexibility index (Phi) is 6.14. The van der Waals surface area contributed by atoms with Gasteiger partial charge < -0.3 is 15.2 Å². The van der Waals surface area contributed by atoms with Gasteiger partial charge in [0, 0.05) is 11.6 Å². The molecule has 1 fully saturated rings. The monoisotopic (exact) mass is 437 g/mol. The average Bonchev–Trinajstić information content (AvgIpc) is 3.27. The molecule has 1 saturated carbocycles. The summed E-state index contributed by atoms with van der Waals surface area (Å²) in [6, 6.07) is 19.0. The molecule has 0 unspecified atom stereocenters. The maximum atomic E-state index is 13.3. The van der Waals surface area contributed by atoms with E-state index in [-0.39, 0.29) is 12.5 Å². The van der Waals surface area contributed by atoms with Crippen molar-refractivity contribution in [1.29, 1.82) is 0 Å². The van der Waals surface area contributed by atoms with E-state index in [1.54, 1.807) is 6.07 Å². The Morgan fingerprint density at radius 1 is 0.968 bits per heavy atom. The van der Waals surface area contributed by atoms with E-state index in [0.717, 1.165) is 47.6 Å². The molecule has 0 saturated heterocycles. The second-order valence-electron chi connectivity index (χ2n) is 8.00. The molecule has 3 aromatic rings. The van der Waals surface area contributed by atoms with Crippen molar-refractivity contribution in [1.82, 2.24) is 5.32 Å². The van der Waals surface area contributed by atoms with E-state index in [4.69, 9.17) is 21.4 Å². The predicted molar refractivity (Wildman–Crippen MR) is 121 cm³/mol. The number of fused-ring (bicyclic) bond motifs is 1. The van der Waals surface area contributed by atoms with Crippen LogP contribution in [0, 0.1) is 0 Å². The van der Waals surface area contributed by atoms with Gasteiger partial charge in [0.1, 0.15) is 5.75 Å². The third-order valence-corrected chi connectivity index (χ3v) is 6.23. The summed E-state index contributed by atoms with van der Waals surface area (Å²) in [4.78, 5) is 23.9. The summed E-state index contributed by atoms with van der Waals surface area (Å²) in [5, 5.41) is 14.5. The van der Waals surface area contributed by atoms with E-state index < -0.39 is 11.4 Å². The van der Waals surface area contributed by atoms with Gasteiger partial charge in [-0.15, -0.1) is 0 Å². The van der Waals surface area contributed by atoms with E-state index in [0.29, 0.717) is 17.3 Å². The molecule has 3 aromatic carbocycles. The Labute approximate surface area is 186 Å². The van der Waals surface area contributed by atoms with Crippen LogP contribution in [-0.2, 0) is 21.5 Å². The van der Waals surface area contributed by atoms with Crippen LogP contribution >= 0.6 is 11.6 Å². The first-order valence-corrected chi connectivity index (χ1v) is 10.8. The van der Waals surface area contributed by atoms with Crippen LogP contribution in [0.3, 0.4) is 0 Å². The fraction of sp³-hybridized carbons (Fsp3) is 0.280. The van der Waals surface area contributed by atoms with Crippen LogP contribution in [0.4, 0.5) is 0 Å². The normalized spacial score (nSPS) is 15.0. The van der Waals surface area contributed by atoms with Crippen LogP contribution in [0.5, 0.6) is 5.75 Å². The molecule has 0 aromatic heterocycles. The number of carbonyl (C=O) groups is 2. The molecule has 1 aliphatic rings. The fourth-order valence-corrected chi connectivity index (χ4v) is 4.49. The van der Waals surface area contributed by atoms with Gasteiger partial charge in [-0.25, -0.2) is 4.79 Å². The van der Waals surface area contributed by atoms with Crippen LogP contribution in [0.1, 0.15) is 36.8 Å². The number of carbonyl (C=O) groups excluding carboxylic acids is 1. The highest BCUT2D eigenvalue weighted by atomic mass is 35.5. The van der Waals surface area contributed by atoms with Crippen LogP contribution in [0.25, 0.3) is 10.8 Å². The third kappa shape index (κ3) is 4.67. The topological polar surface area (TPSA) is 75.6 Å². The molecule has 4 rings (SSSR count). The first kappa shape index (κ1) is 21.2. The summed E-state index contributed by atoms with van der Waals surface area (Å²) in [6.45, 7) is 0.0758. The lowest BCUT2D eigenvalue weighted by molar-refractivity contribution is -0.139. The van der Waals surface area contributed by atoms with Gasteiger partial charge in [-0.1, -0.05) is 54.8 Å². The lowest BCUT2D eigenvalue weighted by Crippen LogP contribution is -2.42. The molecule has 6 heteroatoms. The molecule has 0 heterocycles. The smallest absolute Gasteiger partial charge is 0.341 e. The average molecular weight is 438 g/mol. The summed E-state index contributed by atoms with van der Waals surface area (Å²) in [6.07, 6.45) is 3.77. The summed E-state index contributed by atoms with van der Waals surface area (Å²) < 4.78 is 5.24.